The maximum atomic E-state index is 11.5. The van der Waals surface area contributed by atoms with Gasteiger partial charge in [0.25, 0.3) is 10.1 Å². The third-order valence-corrected chi connectivity index (χ3v) is 5.27. The number of esters is 1. The van der Waals surface area contributed by atoms with Crippen LogP contribution in [0.15, 0.2) is 0 Å². The second kappa shape index (κ2) is 13.3. The van der Waals surface area contributed by atoms with Crippen molar-refractivity contribution in [2.24, 2.45) is 11.8 Å². The maximum Gasteiger partial charge on any atom is 0.469 e. The number of hydrogen-bond donors (Lipinski definition) is 4. The molecule has 0 radical (unpaired) electrons. The molecule has 4 N–H and O–H groups in total. The molecule has 0 fully saturated rings. The first-order chi connectivity index (χ1) is 12.9. The van der Waals surface area contributed by atoms with Crippen LogP contribution in [0, 0.1) is 11.8 Å². The summed E-state index contributed by atoms with van der Waals surface area (Å²) in [5, 5.41) is 2.59. The van der Waals surface area contributed by atoms with Gasteiger partial charge in [0.2, 0.25) is 5.91 Å². The minimum Gasteiger partial charge on any atom is -0.463 e. The van der Waals surface area contributed by atoms with Crippen molar-refractivity contribution in [1.82, 2.24) is 5.32 Å². The van der Waals surface area contributed by atoms with Crippen molar-refractivity contribution >= 4 is 29.8 Å². The number of carbonyl (C=O) groups is 2. The van der Waals surface area contributed by atoms with Crippen LogP contribution in [0.3, 0.4) is 0 Å². The lowest BCUT2D eigenvalue weighted by atomic mass is 10.0. The molecule has 0 aromatic heterocycles. The smallest absolute Gasteiger partial charge is 0.463 e. The quantitative estimate of drug-likeness (QED) is 0.152. The molecule has 0 aliphatic rings. The third kappa shape index (κ3) is 18.7. The predicted octanol–water partition coefficient (Wildman–Crippen LogP) is 1.50. The maximum absolute atomic E-state index is 11.5. The van der Waals surface area contributed by atoms with Crippen LogP contribution in [0.25, 0.3) is 0 Å². The van der Waals surface area contributed by atoms with Crippen LogP contribution in [-0.4, -0.2) is 59.1 Å². The standard InChI is InChI=1S/C9H19NO4S.C7H15O6P/c1-5-7(2)8(11)10-9(3,4)6-15(12,13)14;1-3-6(2)7(8)12-4-5-13-14(9,10)11/h7H,5-6H2,1-4H3,(H,10,11)(H,12,13,14);6H,3-5H2,1-2H3,(H2,9,10,11). The van der Waals surface area contributed by atoms with Gasteiger partial charge < -0.3 is 19.8 Å². The van der Waals surface area contributed by atoms with E-state index in [1.807, 2.05) is 13.8 Å². The fraction of sp³-hybridized carbons (Fsp3) is 0.875. The molecule has 0 aromatic rings. The number of carbonyl (C=O) groups excluding carboxylic acids is 2. The molecule has 174 valence electrons. The van der Waals surface area contributed by atoms with Gasteiger partial charge in [-0.05, 0) is 26.7 Å². The lowest BCUT2D eigenvalue weighted by Gasteiger charge is -2.26. The first kappa shape index (κ1) is 30.2. The largest absolute Gasteiger partial charge is 0.469 e. The van der Waals surface area contributed by atoms with Crippen molar-refractivity contribution in [3.05, 3.63) is 0 Å². The zero-order chi connectivity index (χ0) is 23.5. The van der Waals surface area contributed by atoms with Gasteiger partial charge >= 0.3 is 13.8 Å². The molecule has 2 unspecified atom stereocenters. The number of phosphoric ester groups is 1. The van der Waals surface area contributed by atoms with Crippen LogP contribution in [0.5, 0.6) is 0 Å². The first-order valence-electron chi connectivity index (χ1n) is 9.08. The van der Waals surface area contributed by atoms with Gasteiger partial charge in [-0.3, -0.25) is 18.7 Å². The number of rotatable bonds is 11. The normalized spacial score (nSPS) is 14.2. The lowest BCUT2D eigenvalue weighted by molar-refractivity contribution is -0.148. The second-order valence-corrected chi connectivity index (χ2v) is 9.90. The minimum absolute atomic E-state index is 0.145. The first-order valence-corrected chi connectivity index (χ1v) is 12.2. The Kier molecular flexibility index (Phi) is 13.8. The highest BCUT2D eigenvalue weighted by molar-refractivity contribution is 7.85. The van der Waals surface area contributed by atoms with Gasteiger partial charge in [-0.1, -0.05) is 27.7 Å². The topological polar surface area (TPSA) is 177 Å². The highest BCUT2D eigenvalue weighted by Crippen LogP contribution is 2.35. The molecule has 0 heterocycles. The molecule has 1 amide bonds. The Morgan fingerprint density at radius 2 is 1.55 bits per heavy atom. The van der Waals surface area contributed by atoms with Crippen molar-refractivity contribution in [2.75, 3.05) is 19.0 Å². The highest BCUT2D eigenvalue weighted by Gasteiger charge is 2.27. The molecule has 0 bridgehead atoms. The molecule has 29 heavy (non-hydrogen) atoms. The van der Waals surface area contributed by atoms with E-state index >= 15 is 0 Å². The summed E-state index contributed by atoms with van der Waals surface area (Å²) < 4.78 is 49.0. The Labute approximate surface area is 172 Å². The Morgan fingerprint density at radius 1 is 1.07 bits per heavy atom. The molecule has 0 aromatic carbocycles. The Balaban J connectivity index is 0. The summed E-state index contributed by atoms with van der Waals surface area (Å²) in [6.45, 7) is 9.87. The molecule has 0 rings (SSSR count). The van der Waals surface area contributed by atoms with Crippen molar-refractivity contribution in [3.8, 4) is 0 Å². The second-order valence-electron chi connectivity index (χ2n) is 7.21. The summed E-state index contributed by atoms with van der Waals surface area (Å²) >= 11 is 0. The Morgan fingerprint density at radius 3 is 1.93 bits per heavy atom. The van der Waals surface area contributed by atoms with Gasteiger partial charge in [0.05, 0.1) is 23.8 Å². The highest BCUT2D eigenvalue weighted by atomic mass is 32.2. The molecule has 0 saturated carbocycles. The van der Waals surface area contributed by atoms with Crippen LogP contribution in [-0.2, 0) is 33.5 Å². The number of amides is 1. The number of hydrogen-bond acceptors (Lipinski definition) is 7. The van der Waals surface area contributed by atoms with E-state index < -0.39 is 29.2 Å². The fourth-order valence-corrected chi connectivity index (χ4v) is 3.04. The molecular weight excluding hydrogens is 429 g/mol. The monoisotopic (exact) mass is 463 g/mol. The zero-order valence-corrected chi connectivity index (χ0v) is 19.5. The summed E-state index contributed by atoms with van der Waals surface area (Å²) in [7, 11) is -8.52. The lowest BCUT2D eigenvalue weighted by Crippen LogP contribution is -2.49. The fourth-order valence-electron chi connectivity index (χ4n) is 1.74. The van der Waals surface area contributed by atoms with E-state index in [1.54, 1.807) is 27.7 Å². The minimum atomic E-state index is -4.45. The third-order valence-electron chi connectivity index (χ3n) is 3.67. The van der Waals surface area contributed by atoms with Crippen molar-refractivity contribution in [1.29, 1.82) is 0 Å². The van der Waals surface area contributed by atoms with Crippen LogP contribution in [0.4, 0.5) is 0 Å². The van der Waals surface area contributed by atoms with E-state index in [4.69, 9.17) is 14.3 Å². The van der Waals surface area contributed by atoms with Crippen molar-refractivity contribution < 1.29 is 46.2 Å². The Bertz CT molecular complexity index is 659. The van der Waals surface area contributed by atoms with E-state index in [9.17, 15) is 22.6 Å². The van der Waals surface area contributed by atoms with E-state index in [0.29, 0.717) is 12.8 Å². The van der Waals surface area contributed by atoms with Gasteiger partial charge in [-0.2, -0.15) is 8.42 Å². The Hall–Kier alpha value is -1.04. The summed E-state index contributed by atoms with van der Waals surface area (Å²) in [5.74, 6) is -1.44. The summed E-state index contributed by atoms with van der Waals surface area (Å²) in [6, 6.07) is 0. The average molecular weight is 463 g/mol. The van der Waals surface area contributed by atoms with Gasteiger partial charge in [0.15, 0.2) is 0 Å². The van der Waals surface area contributed by atoms with Gasteiger partial charge in [-0.25, -0.2) is 4.57 Å². The SMILES string of the molecule is CCC(C)C(=O)NC(C)(C)CS(=O)(=O)O.CCC(C)C(=O)OCCOP(=O)(O)O. The average Bonchev–Trinajstić information content (AvgIpc) is 2.53. The van der Waals surface area contributed by atoms with Gasteiger partial charge in [0, 0.05) is 5.92 Å². The van der Waals surface area contributed by atoms with E-state index in [2.05, 4.69) is 14.6 Å². The molecule has 0 aliphatic heterocycles. The van der Waals surface area contributed by atoms with E-state index in [0.717, 1.165) is 0 Å². The number of ether oxygens (including phenoxy) is 1. The summed E-state index contributed by atoms with van der Waals surface area (Å²) in [6.07, 6.45) is 1.35. The molecule has 0 aliphatic carbocycles. The molecule has 11 nitrogen and oxygen atoms in total. The molecule has 2 atom stereocenters. The number of phosphoric acid groups is 1. The number of nitrogens with one attached hydrogen (secondary N) is 1. The molecule has 13 heteroatoms. The van der Waals surface area contributed by atoms with Gasteiger partial charge in [-0.15, -0.1) is 0 Å². The van der Waals surface area contributed by atoms with Crippen molar-refractivity contribution in [2.45, 2.75) is 59.9 Å². The van der Waals surface area contributed by atoms with Crippen LogP contribution >= 0.6 is 7.82 Å². The molecule has 0 saturated heterocycles. The van der Waals surface area contributed by atoms with E-state index in [1.165, 1.54) is 0 Å². The van der Waals surface area contributed by atoms with Crippen LogP contribution < -0.4 is 5.32 Å². The van der Waals surface area contributed by atoms with Crippen LogP contribution in [0.1, 0.15) is 54.4 Å². The zero-order valence-electron chi connectivity index (χ0n) is 17.7. The summed E-state index contributed by atoms with van der Waals surface area (Å²) in [4.78, 5) is 39.1. The van der Waals surface area contributed by atoms with Crippen molar-refractivity contribution in [3.63, 3.8) is 0 Å². The summed E-state index contributed by atoms with van der Waals surface area (Å²) in [5.41, 5.74) is -0.950. The predicted molar refractivity (Wildman–Crippen MR) is 107 cm³/mol. The molecular formula is C16H34NO10PS. The van der Waals surface area contributed by atoms with Gasteiger partial charge in [0.1, 0.15) is 6.61 Å². The van der Waals surface area contributed by atoms with E-state index in [-0.39, 0.29) is 36.9 Å². The van der Waals surface area contributed by atoms with Crippen LogP contribution in [0.2, 0.25) is 0 Å². The molecule has 0 spiro atoms.